The third-order valence-corrected chi connectivity index (χ3v) is 2.69. The number of ether oxygens (including phenoxy) is 1. The molecule has 2 aromatic rings. The number of methoxy groups -OCH3 is 1. The molecule has 2 rings (SSSR count). The Bertz CT molecular complexity index is 651. The van der Waals surface area contributed by atoms with Crippen LogP contribution in [0.5, 0.6) is 5.88 Å². The zero-order chi connectivity index (χ0) is 15.5. The molecule has 2 heterocycles. The monoisotopic (exact) mass is 292 g/mol. The van der Waals surface area contributed by atoms with Crippen LogP contribution in [0.3, 0.4) is 0 Å². The number of aliphatic imine (C=N–C) groups is 1. The molecule has 7 heteroatoms. The topological polar surface area (TPSA) is 73.4 Å². The summed E-state index contributed by atoms with van der Waals surface area (Å²) >= 11 is 0. The third-order valence-electron chi connectivity index (χ3n) is 2.69. The molecular weight excluding hydrogens is 278 g/mol. The van der Waals surface area contributed by atoms with Gasteiger partial charge in [0, 0.05) is 13.1 Å². The van der Waals surface area contributed by atoms with Crippen molar-refractivity contribution < 1.29 is 13.5 Å². The van der Waals surface area contributed by atoms with E-state index in [2.05, 4.69) is 15.0 Å². The summed E-state index contributed by atoms with van der Waals surface area (Å²) in [5.74, 6) is -2.48. The van der Waals surface area contributed by atoms with E-state index < -0.39 is 5.92 Å². The Balaban J connectivity index is 2.31. The smallest absolute Gasteiger partial charge is 0.286 e. The highest BCUT2D eigenvalue weighted by Crippen LogP contribution is 2.26. The Morgan fingerprint density at radius 3 is 2.62 bits per heavy atom. The minimum Gasteiger partial charge on any atom is -0.480 e. The number of halogens is 2. The van der Waals surface area contributed by atoms with Crippen LogP contribution in [-0.4, -0.2) is 22.9 Å². The van der Waals surface area contributed by atoms with E-state index >= 15 is 0 Å². The van der Waals surface area contributed by atoms with Crippen LogP contribution >= 0.6 is 0 Å². The van der Waals surface area contributed by atoms with Crippen molar-refractivity contribution in [1.29, 1.82) is 0 Å². The molecule has 0 bridgehead atoms. The molecule has 0 amide bonds. The van der Waals surface area contributed by atoms with Gasteiger partial charge in [-0.3, -0.25) is 4.98 Å². The third kappa shape index (κ3) is 3.50. The minimum absolute atomic E-state index is 0.165. The Kier molecular flexibility index (Phi) is 4.11. The highest BCUT2D eigenvalue weighted by atomic mass is 19.3. The molecule has 0 aromatic carbocycles. The molecule has 0 atom stereocenters. The largest absolute Gasteiger partial charge is 0.480 e. The average Bonchev–Trinajstić information content (AvgIpc) is 2.46. The van der Waals surface area contributed by atoms with Crippen LogP contribution in [0.15, 0.2) is 41.7 Å². The van der Waals surface area contributed by atoms with Gasteiger partial charge in [-0.1, -0.05) is 0 Å². The number of nitrogens with two attached hydrogens (primary N) is 1. The van der Waals surface area contributed by atoms with E-state index in [0.717, 1.165) is 6.92 Å². The average molecular weight is 292 g/mol. The summed E-state index contributed by atoms with van der Waals surface area (Å²) < 4.78 is 31.2. The minimum atomic E-state index is -2.99. The molecule has 0 spiro atoms. The Labute approximate surface area is 120 Å². The zero-order valence-corrected chi connectivity index (χ0v) is 11.5. The second-order valence-electron chi connectivity index (χ2n) is 4.35. The summed E-state index contributed by atoms with van der Waals surface area (Å²) in [6.07, 6.45) is 2.80. The molecule has 2 aromatic heterocycles. The standard InChI is InChI=1S/C14H14F2N4O/c1-14(15,16)11-6-5-9(8-19-11)20-12(17)10-4-3-7-18-13(10)21-2/h3-8H,1-2H3,(H2,17,20). The van der Waals surface area contributed by atoms with E-state index in [1.807, 2.05) is 0 Å². The number of rotatable bonds is 4. The fourth-order valence-corrected chi connectivity index (χ4v) is 1.66. The highest BCUT2D eigenvalue weighted by molar-refractivity contribution is 6.00. The van der Waals surface area contributed by atoms with E-state index in [9.17, 15) is 8.78 Å². The summed E-state index contributed by atoms with van der Waals surface area (Å²) in [4.78, 5) is 11.8. The van der Waals surface area contributed by atoms with Crippen LogP contribution in [0, 0.1) is 0 Å². The van der Waals surface area contributed by atoms with Gasteiger partial charge in [-0.25, -0.2) is 9.98 Å². The molecule has 110 valence electrons. The first-order valence-corrected chi connectivity index (χ1v) is 6.09. The van der Waals surface area contributed by atoms with Gasteiger partial charge in [-0.05, 0) is 24.3 Å². The van der Waals surface area contributed by atoms with Crippen molar-refractivity contribution in [2.75, 3.05) is 7.11 Å². The predicted octanol–water partition coefficient (Wildman–Crippen LogP) is 2.63. The summed E-state index contributed by atoms with van der Waals surface area (Å²) in [5.41, 5.74) is 6.45. The lowest BCUT2D eigenvalue weighted by atomic mass is 10.2. The fourth-order valence-electron chi connectivity index (χ4n) is 1.66. The van der Waals surface area contributed by atoms with Crippen molar-refractivity contribution in [3.8, 4) is 5.88 Å². The first kappa shape index (κ1) is 14.8. The summed E-state index contributed by atoms with van der Waals surface area (Å²) in [7, 11) is 1.47. The molecule has 0 aliphatic rings. The van der Waals surface area contributed by atoms with Crippen LogP contribution in [0.1, 0.15) is 18.2 Å². The van der Waals surface area contributed by atoms with Crippen molar-refractivity contribution in [2.45, 2.75) is 12.8 Å². The SMILES string of the molecule is COc1ncccc1C(N)=Nc1ccc(C(C)(F)F)nc1. The van der Waals surface area contributed by atoms with Crippen LogP contribution in [0.2, 0.25) is 0 Å². The van der Waals surface area contributed by atoms with Gasteiger partial charge in [0.1, 0.15) is 11.5 Å². The molecule has 5 nitrogen and oxygen atoms in total. The number of pyridine rings is 2. The highest BCUT2D eigenvalue weighted by Gasteiger charge is 2.25. The van der Waals surface area contributed by atoms with E-state index in [-0.39, 0.29) is 11.5 Å². The van der Waals surface area contributed by atoms with Gasteiger partial charge >= 0.3 is 0 Å². The number of aromatic nitrogens is 2. The van der Waals surface area contributed by atoms with Gasteiger partial charge in [0.15, 0.2) is 0 Å². The normalized spacial score (nSPS) is 12.3. The molecule has 0 aliphatic heterocycles. The van der Waals surface area contributed by atoms with Gasteiger partial charge in [0.05, 0.1) is 24.6 Å². The van der Waals surface area contributed by atoms with Crippen LogP contribution in [-0.2, 0) is 5.92 Å². The maximum atomic E-state index is 13.1. The van der Waals surface area contributed by atoms with Crippen LogP contribution < -0.4 is 10.5 Å². The van der Waals surface area contributed by atoms with E-state index in [4.69, 9.17) is 10.5 Å². The molecule has 2 N–H and O–H groups in total. The zero-order valence-electron chi connectivity index (χ0n) is 11.5. The molecule has 0 fully saturated rings. The maximum absolute atomic E-state index is 13.1. The number of amidine groups is 1. The molecule has 21 heavy (non-hydrogen) atoms. The first-order chi connectivity index (χ1) is 9.91. The second kappa shape index (κ2) is 5.82. The number of hydrogen-bond acceptors (Lipinski definition) is 4. The van der Waals surface area contributed by atoms with E-state index in [1.165, 1.54) is 25.4 Å². The molecular formula is C14H14F2N4O. The summed E-state index contributed by atoms with van der Waals surface area (Å²) in [5, 5.41) is 0. The van der Waals surface area contributed by atoms with Gasteiger partial charge < -0.3 is 10.5 Å². The molecule has 0 saturated carbocycles. The quantitative estimate of drug-likeness (QED) is 0.694. The molecule has 0 saturated heterocycles. The number of nitrogens with zero attached hydrogens (tertiary/aromatic N) is 3. The number of alkyl halides is 2. The summed E-state index contributed by atoms with van der Waals surface area (Å²) in [6, 6.07) is 6.04. The van der Waals surface area contributed by atoms with Crippen molar-refractivity contribution in [3.05, 3.63) is 47.9 Å². The maximum Gasteiger partial charge on any atom is 0.286 e. The lowest BCUT2D eigenvalue weighted by Crippen LogP contribution is -2.15. The second-order valence-corrected chi connectivity index (χ2v) is 4.35. The Hall–Kier alpha value is -2.57. The first-order valence-electron chi connectivity index (χ1n) is 6.09. The van der Waals surface area contributed by atoms with Gasteiger partial charge in [0.25, 0.3) is 5.92 Å². The van der Waals surface area contributed by atoms with E-state index in [0.29, 0.717) is 17.1 Å². The van der Waals surface area contributed by atoms with Crippen molar-refractivity contribution in [3.63, 3.8) is 0 Å². The Morgan fingerprint density at radius 2 is 2.05 bits per heavy atom. The summed E-state index contributed by atoms with van der Waals surface area (Å²) in [6.45, 7) is 0.785. The van der Waals surface area contributed by atoms with Gasteiger partial charge in [0.2, 0.25) is 5.88 Å². The Morgan fingerprint density at radius 1 is 1.29 bits per heavy atom. The van der Waals surface area contributed by atoms with Crippen molar-refractivity contribution >= 4 is 11.5 Å². The number of hydrogen-bond donors (Lipinski definition) is 1. The molecule has 0 radical (unpaired) electrons. The lowest BCUT2D eigenvalue weighted by Gasteiger charge is -2.09. The van der Waals surface area contributed by atoms with Crippen molar-refractivity contribution in [2.24, 2.45) is 10.7 Å². The van der Waals surface area contributed by atoms with Gasteiger partial charge in [-0.15, -0.1) is 0 Å². The van der Waals surface area contributed by atoms with Crippen LogP contribution in [0.25, 0.3) is 0 Å². The van der Waals surface area contributed by atoms with Crippen molar-refractivity contribution in [1.82, 2.24) is 9.97 Å². The predicted molar refractivity (Wildman–Crippen MR) is 75.0 cm³/mol. The van der Waals surface area contributed by atoms with Crippen LogP contribution in [0.4, 0.5) is 14.5 Å². The lowest BCUT2D eigenvalue weighted by molar-refractivity contribution is 0.0128. The molecule has 0 aliphatic carbocycles. The van der Waals surface area contributed by atoms with Gasteiger partial charge in [-0.2, -0.15) is 8.78 Å². The molecule has 0 unspecified atom stereocenters. The van der Waals surface area contributed by atoms with E-state index in [1.54, 1.807) is 18.3 Å². The fraction of sp³-hybridized carbons (Fsp3) is 0.214.